The van der Waals surface area contributed by atoms with E-state index in [1.54, 1.807) is 0 Å². The zero-order chi connectivity index (χ0) is 18.1. The summed E-state index contributed by atoms with van der Waals surface area (Å²) < 4.78 is 1.41. The summed E-state index contributed by atoms with van der Waals surface area (Å²) in [6.07, 6.45) is 10.7. The molecule has 2 nitrogen and oxygen atoms in total. The fourth-order valence-electron chi connectivity index (χ4n) is 1.95. The van der Waals surface area contributed by atoms with E-state index in [9.17, 15) is 0 Å². The Morgan fingerprint density at radius 3 is 1.29 bits per heavy atom. The molecule has 0 aromatic heterocycles. The first kappa shape index (κ1) is 19.4. The summed E-state index contributed by atoms with van der Waals surface area (Å²) in [5, 5.41) is 0. The van der Waals surface area contributed by atoms with Crippen LogP contribution < -0.4 is 0 Å². The fourth-order valence-corrected chi connectivity index (χ4v) is 1.95. The third kappa shape index (κ3) is 7.58. The van der Waals surface area contributed by atoms with Gasteiger partial charge in [-0.2, -0.15) is 0 Å². The van der Waals surface area contributed by atoms with Gasteiger partial charge in [0, 0.05) is 11.1 Å². The molecule has 1 aromatic carbocycles. The van der Waals surface area contributed by atoms with Gasteiger partial charge in [0.25, 0.3) is 0 Å². The minimum absolute atomic E-state index is 0.678. The van der Waals surface area contributed by atoms with Crippen molar-refractivity contribution in [2.24, 2.45) is 0 Å². The Hall–Kier alpha value is -2.62. The predicted octanol–water partition coefficient (Wildman–Crippen LogP) is 1.81. The number of nitrogens with zero attached hydrogens (tertiary/aromatic N) is 2. The van der Waals surface area contributed by atoms with E-state index in [1.807, 2.05) is 24.3 Å². The summed E-state index contributed by atoms with van der Waals surface area (Å²) in [4.78, 5) is 0. The summed E-state index contributed by atoms with van der Waals surface area (Å²) in [5.74, 6) is 18.1. The van der Waals surface area contributed by atoms with E-state index < -0.39 is 0 Å². The monoisotopic (exact) mass is 318 g/mol. The maximum atomic E-state index is 5.36. The lowest BCUT2D eigenvalue weighted by Crippen LogP contribution is -2.40. The second-order valence-electron chi connectivity index (χ2n) is 7.09. The predicted molar refractivity (Wildman–Crippen MR) is 102 cm³/mol. The molecule has 0 saturated carbocycles. The fraction of sp³-hybridized carbons (Fsp3) is 0.364. The van der Waals surface area contributed by atoms with Gasteiger partial charge in [0.05, 0.1) is 28.2 Å². The number of benzene rings is 1. The van der Waals surface area contributed by atoms with Crippen LogP contribution in [0.15, 0.2) is 24.3 Å². The number of hydrogen-bond acceptors (Lipinski definition) is 0. The molecule has 0 saturated heterocycles. The van der Waals surface area contributed by atoms with E-state index in [0.717, 1.165) is 24.2 Å². The topological polar surface area (TPSA) is 0 Å². The van der Waals surface area contributed by atoms with Crippen LogP contribution in [0.1, 0.15) is 11.1 Å². The van der Waals surface area contributed by atoms with Gasteiger partial charge in [-0.1, -0.05) is 11.8 Å². The number of rotatable bonds is 4. The number of quaternary nitrogens is 2. The van der Waals surface area contributed by atoms with E-state index in [4.69, 9.17) is 12.8 Å². The van der Waals surface area contributed by atoms with Gasteiger partial charge in [0.15, 0.2) is 0 Å². The van der Waals surface area contributed by atoms with Crippen molar-refractivity contribution in [1.82, 2.24) is 0 Å². The van der Waals surface area contributed by atoms with Crippen LogP contribution >= 0.6 is 0 Å². The molecular formula is C22H26N2+2. The molecule has 0 bridgehead atoms. The van der Waals surface area contributed by atoms with Crippen LogP contribution in [0.2, 0.25) is 0 Å². The van der Waals surface area contributed by atoms with Gasteiger partial charge >= 0.3 is 0 Å². The summed E-state index contributed by atoms with van der Waals surface area (Å²) in [6.45, 7) is 2.82. The molecule has 2 heteroatoms. The van der Waals surface area contributed by atoms with Crippen LogP contribution in [0, 0.1) is 48.4 Å². The molecule has 0 aliphatic carbocycles. The SMILES string of the molecule is C#CC[N+](C)(C)CC#Cc1ccc(C#CC[N+](C)(C)CC#C)cc1. The molecule has 0 radical (unpaired) electrons. The van der Waals surface area contributed by atoms with Crippen molar-refractivity contribution in [1.29, 1.82) is 0 Å². The molecule has 0 aliphatic rings. The number of hydrogen-bond donors (Lipinski definition) is 0. The maximum absolute atomic E-state index is 5.36. The van der Waals surface area contributed by atoms with Crippen LogP contribution in [0.5, 0.6) is 0 Å². The first-order valence-corrected chi connectivity index (χ1v) is 7.87. The zero-order valence-corrected chi connectivity index (χ0v) is 15.2. The quantitative estimate of drug-likeness (QED) is 0.587. The molecule has 0 unspecified atom stereocenters. The lowest BCUT2D eigenvalue weighted by atomic mass is 10.1. The van der Waals surface area contributed by atoms with Crippen LogP contribution in [0.25, 0.3) is 0 Å². The molecule has 24 heavy (non-hydrogen) atoms. The highest BCUT2D eigenvalue weighted by molar-refractivity contribution is 5.41. The average Bonchev–Trinajstić information content (AvgIpc) is 2.48. The smallest absolute Gasteiger partial charge is 0.141 e. The Bertz CT molecular complexity index is 678. The largest absolute Gasteiger partial charge is 0.308 e. The van der Waals surface area contributed by atoms with Gasteiger partial charge in [0.1, 0.15) is 26.2 Å². The Kier molecular flexibility index (Phi) is 7.18. The van der Waals surface area contributed by atoms with E-state index >= 15 is 0 Å². The van der Waals surface area contributed by atoms with Crippen molar-refractivity contribution in [2.45, 2.75) is 0 Å². The summed E-state index contributed by atoms with van der Waals surface area (Å²) in [5.41, 5.74) is 1.98. The van der Waals surface area contributed by atoms with E-state index in [0.29, 0.717) is 22.1 Å². The minimum atomic E-state index is 0.678. The van der Waals surface area contributed by atoms with E-state index in [1.165, 1.54) is 0 Å². The van der Waals surface area contributed by atoms with Crippen molar-refractivity contribution in [2.75, 3.05) is 54.4 Å². The van der Waals surface area contributed by atoms with Gasteiger partial charge in [-0.3, -0.25) is 0 Å². The van der Waals surface area contributed by atoms with Crippen LogP contribution in [-0.2, 0) is 0 Å². The molecule has 0 amide bonds. The Morgan fingerprint density at radius 2 is 1.00 bits per heavy atom. The molecular weight excluding hydrogens is 292 g/mol. The third-order valence-corrected chi connectivity index (χ3v) is 3.40. The molecule has 0 fully saturated rings. The summed E-state index contributed by atoms with van der Waals surface area (Å²) in [7, 11) is 8.31. The highest BCUT2D eigenvalue weighted by Gasteiger charge is 2.10. The molecule has 0 atom stereocenters. The van der Waals surface area contributed by atoms with Gasteiger partial charge in [0.2, 0.25) is 0 Å². The average molecular weight is 318 g/mol. The molecule has 1 aromatic rings. The van der Waals surface area contributed by atoms with Gasteiger partial charge < -0.3 is 8.97 Å². The molecule has 0 N–H and O–H groups in total. The van der Waals surface area contributed by atoms with Crippen molar-refractivity contribution >= 4 is 0 Å². The van der Waals surface area contributed by atoms with E-state index in [2.05, 4.69) is 63.7 Å². The highest BCUT2D eigenvalue weighted by Crippen LogP contribution is 2.03. The van der Waals surface area contributed by atoms with Gasteiger partial charge in [-0.05, 0) is 47.9 Å². The summed E-state index contributed by atoms with van der Waals surface area (Å²) in [6, 6.07) is 8.00. The van der Waals surface area contributed by atoms with Crippen LogP contribution in [0.4, 0.5) is 0 Å². The molecule has 1 rings (SSSR count). The third-order valence-electron chi connectivity index (χ3n) is 3.40. The second kappa shape index (κ2) is 8.87. The zero-order valence-electron chi connectivity index (χ0n) is 15.2. The van der Waals surface area contributed by atoms with Gasteiger partial charge in [-0.25, -0.2) is 0 Å². The van der Waals surface area contributed by atoms with Crippen LogP contribution in [-0.4, -0.2) is 63.3 Å². The molecule has 122 valence electrons. The Morgan fingerprint density at radius 1 is 0.667 bits per heavy atom. The van der Waals surface area contributed by atoms with Gasteiger partial charge in [-0.15, -0.1) is 12.8 Å². The minimum Gasteiger partial charge on any atom is -0.308 e. The lowest BCUT2D eigenvalue weighted by Gasteiger charge is -2.24. The second-order valence-corrected chi connectivity index (χ2v) is 7.09. The maximum Gasteiger partial charge on any atom is 0.141 e. The molecule has 0 aliphatic heterocycles. The van der Waals surface area contributed by atoms with Crippen LogP contribution in [0.3, 0.4) is 0 Å². The molecule has 0 spiro atoms. The van der Waals surface area contributed by atoms with Crippen molar-refractivity contribution in [3.8, 4) is 48.4 Å². The first-order chi connectivity index (χ1) is 11.3. The standard InChI is InChI=1S/C22H26N2/c1-7-17-23(3,4)19-9-11-21-13-15-22(16-14-21)12-10-20-24(5,6)18-8-2/h1-2,13-16H,17-20H2,3-6H3/q+2. The number of terminal acetylenes is 2. The normalized spacial score (nSPS) is 10.4. The Labute approximate surface area is 147 Å². The lowest BCUT2D eigenvalue weighted by molar-refractivity contribution is -0.875. The first-order valence-electron chi connectivity index (χ1n) is 7.87. The molecule has 0 heterocycles. The summed E-state index contributed by atoms with van der Waals surface area (Å²) >= 11 is 0. The van der Waals surface area contributed by atoms with E-state index in [-0.39, 0.29) is 0 Å². The van der Waals surface area contributed by atoms with Crippen molar-refractivity contribution in [3.63, 3.8) is 0 Å². The van der Waals surface area contributed by atoms with Crippen molar-refractivity contribution in [3.05, 3.63) is 35.4 Å². The highest BCUT2D eigenvalue weighted by atomic mass is 15.3. The Balaban J connectivity index is 2.66. The van der Waals surface area contributed by atoms with Crippen molar-refractivity contribution < 1.29 is 8.97 Å².